The molecule has 0 spiro atoms. The Morgan fingerprint density at radius 2 is 2.17 bits per heavy atom. The monoisotopic (exact) mass is 269 g/mol. The van der Waals surface area contributed by atoms with Crippen LogP contribution >= 0.6 is 0 Å². The molecule has 1 atom stereocenters. The second-order valence-corrected chi connectivity index (χ2v) is 6.81. The van der Waals surface area contributed by atoms with Crippen molar-refractivity contribution in [3.63, 3.8) is 0 Å². The second kappa shape index (κ2) is 4.61. The van der Waals surface area contributed by atoms with Crippen LogP contribution in [0, 0.1) is 6.92 Å². The molecule has 0 bridgehead atoms. The molecule has 1 heterocycles. The molecule has 2 rings (SSSR count). The smallest absolute Gasteiger partial charge is 0.335 e. The molecule has 1 aromatic carbocycles. The maximum absolute atomic E-state index is 11.4. The van der Waals surface area contributed by atoms with Crippen molar-refractivity contribution in [2.75, 3.05) is 16.8 Å². The summed E-state index contributed by atoms with van der Waals surface area (Å²) in [6.45, 7) is 1.86. The van der Waals surface area contributed by atoms with Gasteiger partial charge in [0, 0.05) is 11.7 Å². The van der Waals surface area contributed by atoms with E-state index in [1.165, 1.54) is 6.07 Å². The first kappa shape index (κ1) is 12.9. The van der Waals surface area contributed by atoms with Gasteiger partial charge in [0.1, 0.15) is 0 Å². The number of anilines is 1. The number of nitrogens with one attached hydrogen (secondary N) is 1. The summed E-state index contributed by atoms with van der Waals surface area (Å²) in [5, 5.41) is 12.0. The zero-order chi connectivity index (χ0) is 13.3. The molecular weight excluding hydrogens is 254 g/mol. The zero-order valence-electron chi connectivity index (χ0n) is 10.0. The second-order valence-electron chi connectivity index (χ2n) is 4.58. The van der Waals surface area contributed by atoms with Crippen molar-refractivity contribution in [3.05, 3.63) is 29.3 Å². The Bertz CT molecular complexity index is 580. The molecule has 0 amide bonds. The highest BCUT2D eigenvalue weighted by molar-refractivity contribution is 7.91. The first-order valence-electron chi connectivity index (χ1n) is 5.68. The number of carboxylic acid groups (broad SMARTS) is 1. The van der Waals surface area contributed by atoms with Gasteiger partial charge in [0.15, 0.2) is 9.84 Å². The summed E-state index contributed by atoms with van der Waals surface area (Å²) >= 11 is 0. The summed E-state index contributed by atoms with van der Waals surface area (Å²) in [6, 6.07) is 4.67. The molecule has 0 aromatic heterocycles. The van der Waals surface area contributed by atoms with Crippen LogP contribution in [0.3, 0.4) is 0 Å². The van der Waals surface area contributed by atoms with Crippen LogP contribution in [0.1, 0.15) is 22.3 Å². The number of aryl methyl sites for hydroxylation is 1. The Morgan fingerprint density at radius 1 is 1.44 bits per heavy atom. The lowest BCUT2D eigenvalue weighted by Crippen LogP contribution is -2.21. The van der Waals surface area contributed by atoms with Gasteiger partial charge in [-0.3, -0.25) is 0 Å². The predicted molar refractivity (Wildman–Crippen MR) is 68.8 cm³/mol. The Morgan fingerprint density at radius 3 is 2.72 bits per heavy atom. The van der Waals surface area contributed by atoms with E-state index in [0.29, 0.717) is 12.1 Å². The van der Waals surface area contributed by atoms with E-state index in [-0.39, 0.29) is 23.1 Å². The fourth-order valence-corrected chi connectivity index (χ4v) is 3.71. The van der Waals surface area contributed by atoms with E-state index >= 15 is 0 Å². The third-order valence-corrected chi connectivity index (χ3v) is 4.84. The lowest BCUT2D eigenvalue weighted by Gasteiger charge is -2.15. The van der Waals surface area contributed by atoms with Crippen molar-refractivity contribution >= 4 is 21.5 Å². The van der Waals surface area contributed by atoms with Crippen molar-refractivity contribution in [3.8, 4) is 0 Å². The maximum Gasteiger partial charge on any atom is 0.335 e. The number of hydrogen-bond donors (Lipinski definition) is 2. The highest BCUT2D eigenvalue weighted by atomic mass is 32.2. The predicted octanol–water partition coefficient (Wildman–Crippen LogP) is 1.29. The molecule has 1 fully saturated rings. The van der Waals surface area contributed by atoms with Crippen molar-refractivity contribution in [1.29, 1.82) is 0 Å². The number of aromatic carboxylic acids is 1. The van der Waals surface area contributed by atoms with Crippen LogP contribution in [0.2, 0.25) is 0 Å². The largest absolute Gasteiger partial charge is 0.478 e. The van der Waals surface area contributed by atoms with Gasteiger partial charge in [0.25, 0.3) is 0 Å². The van der Waals surface area contributed by atoms with E-state index in [0.717, 1.165) is 5.56 Å². The molecule has 5 nitrogen and oxygen atoms in total. The van der Waals surface area contributed by atoms with Gasteiger partial charge in [-0.2, -0.15) is 0 Å². The van der Waals surface area contributed by atoms with Gasteiger partial charge < -0.3 is 10.4 Å². The van der Waals surface area contributed by atoms with Crippen LogP contribution in [0.5, 0.6) is 0 Å². The highest BCUT2D eigenvalue weighted by Crippen LogP contribution is 2.22. The third kappa shape index (κ3) is 2.81. The number of benzene rings is 1. The minimum atomic E-state index is -2.93. The minimum absolute atomic E-state index is 0.115. The Labute approximate surface area is 106 Å². The lowest BCUT2D eigenvalue weighted by atomic mass is 10.1. The van der Waals surface area contributed by atoms with Crippen LogP contribution in [0.15, 0.2) is 18.2 Å². The van der Waals surface area contributed by atoms with Crippen LogP contribution in [-0.4, -0.2) is 37.0 Å². The molecule has 0 saturated carbocycles. The molecule has 98 valence electrons. The van der Waals surface area contributed by atoms with Gasteiger partial charge in [-0.15, -0.1) is 0 Å². The molecule has 1 aromatic rings. The molecule has 1 aliphatic heterocycles. The zero-order valence-corrected chi connectivity index (χ0v) is 10.8. The summed E-state index contributed by atoms with van der Waals surface area (Å²) in [6.07, 6.45) is 0.569. The summed E-state index contributed by atoms with van der Waals surface area (Å²) < 4.78 is 22.7. The molecule has 1 saturated heterocycles. The Kier molecular flexibility index (Phi) is 3.30. The third-order valence-electron chi connectivity index (χ3n) is 3.08. The number of carbonyl (C=O) groups is 1. The molecular formula is C12H15NO4S. The fourth-order valence-electron chi connectivity index (χ4n) is 2.04. The van der Waals surface area contributed by atoms with Crippen LogP contribution in [-0.2, 0) is 9.84 Å². The van der Waals surface area contributed by atoms with E-state index < -0.39 is 15.8 Å². The first-order chi connectivity index (χ1) is 8.37. The van der Waals surface area contributed by atoms with Crippen molar-refractivity contribution in [1.82, 2.24) is 0 Å². The number of rotatable bonds is 3. The Balaban J connectivity index is 2.19. The van der Waals surface area contributed by atoms with E-state index in [1.807, 2.05) is 6.92 Å². The average molecular weight is 269 g/mol. The lowest BCUT2D eigenvalue weighted by molar-refractivity contribution is 0.0697. The van der Waals surface area contributed by atoms with Crippen molar-refractivity contribution < 1.29 is 18.3 Å². The standard InChI is InChI=1S/C12H15NO4S/c1-8-2-3-9(12(14)15)6-11(8)13-10-4-5-18(16,17)7-10/h2-3,6,10,13H,4-5,7H2,1H3,(H,14,15). The summed E-state index contributed by atoms with van der Waals surface area (Å²) in [5.74, 6) is -0.677. The maximum atomic E-state index is 11.4. The van der Waals surface area contributed by atoms with Gasteiger partial charge in [-0.1, -0.05) is 6.07 Å². The topological polar surface area (TPSA) is 83.5 Å². The SMILES string of the molecule is Cc1ccc(C(=O)O)cc1NC1CCS(=O)(=O)C1. The fraction of sp³-hybridized carbons (Fsp3) is 0.417. The average Bonchev–Trinajstić information content (AvgIpc) is 2.61. The van der Waals surface area contributed by atoms with Gasteiger partial charge in [-0.25, -0.2) is 13.2 Å². The summed E-state index contributed by atoms with van der Waals surface area (Å²) in [7, 11) is -2.93. The molecule has 2 N–H and O–H groups in total. The van der Waals surface area contributed by atoms with Crippen LogP contribution < -0.4 is 5.32 Å². The van der Waals surface area contributed by atoms with E-state index in [9.17, 15) is 13.2 Å². The quantitative estimate of drug-likeness (QED) is 0.864. The summed E-state index contributed by atoms with van der Waals surface area (Å²) in [5.41, 5.74) is 1.80. The number of sulfone groups is 1. The van der Waals surface area contributed by atoms with Gasteiger partial charge in [-0.05, 0) is 31.0 Å². The molecule has 18 heavy (non-hydrogen) atoms. The van der Waals surface area contributed by atoms with Crippen LogP contribution in [0.25, 0.3) is 0 Å². The highest BCUT2D eigenvalue weighted by Gasteiger charge is 2.28. The van der Waals surface area contributed by atoms with Crippen LogP contribution in [0.4, 0.5) is 5.69 Å². The minimum Gasteiger partial charge on any atom is -0.478 e. The van der Waals surface area contributed by atoms with Crippen molar-refractivity contribution in [2.24, 2.45) is 0 Å². The van der Waals surface area contributed by atoms with Gasteiger partial charge in [0.2, 0.25) is 0 Å². The van der Waals surface area contributed by atoms with Gasteiger partial charge >= 0.3 is 5.97 Å². The summed E-state index contributed by atoms with van der Waals surface area (Å²) in [4.78, 5) is 10.9. The molecule has 1 aliphatic rings. The van der Waals surface area contributed by atoms with E-state index in [2.05, 4.69) is 5.32 Å². The van der Waals surface area contributed by atoms with E-state index in [4.69, 9.17) is 5.11 Å². The molecule has 6 heteroatoms. The van der Waals surface area contributed by atoms with E-state index in [1.54, 1.807) is 12.1 Å². The Hall–Kier alpha value is -1.56. The van der Waals surface area contributed by atoms with Crippen molar-refractivity contribution in [2.45, 2.75) is 19.4 Å². The number of carboxylic acids is 1. The molecule has 0 aliphatic carbocycles. The first-order valence-corrected chi connectivity index (χ1v) is 7.50. The molecule has 0 radical (unpaired) electrons. The van der Waals surface area contributed by atoms with Gasteiger partial charge in [0.05, 0.1) is 17.1 Å². The molecule has 1 unspecified atom stereocenters. The normalized spacial score (nSPS) is 21.7. The number of hydrogen-bond acceptors (Lipinski definition) is 4.